The van der Waals surface area contributed by atoms with Gasteiger partial charge < -0.3 is 4.74 Å². The molecule has 0 unspecified atom stereocenters. The third kappa shape index (κ3) is 3.79. The number of aryl methyl sites for hydroxylation is 1. The SMILES string of the molecule is C=C(CCc1ccccc1)OCC. The first-order valence-corrected chi connectivity index (χ1v) is 4.67. The number of rotatable bonds is 5. The van der Waals surface area contributed by atoms with Crippen LogP contribution in [0.25, 0.3) is 0 Å². The molecule has 0 aliphatic heterocycles. The molecule has 0 bridgehead atoms. The van der Waals surface area contributed by atoms with E-state index in [1.54, 1.807) is 0 Å². The summed E-state index contributed by atoms with van der Waals surface area (Å²) in [6, 6.07) is 10.4. The Morgan fingerprint density at radius 2 is 2.00 bits per heavy atom. The van der Waals surface area contributed by atoms with E-state index in [4.69, 9.17) is 4.74 Å². The van der Waals surface area contributed by atoms with Crippen LogP contribution in [0.1, 0.15) is 18.9 Å². The van der Waals surface area contributed by atoms with Gasteiger partial charge in [0.25, 0.3) is 0 Å². The van der Waals surface area contributed by atoms with Gasteiger partial charge in [-0.2, -0.15) is 0 Å². The molecule has 0 aromatic heterocycles. The van der Waals surface area contributed by atoms with Crippen molar-refractivity contribution in [2.24, 2.45) is 0 Å². The van der Waals surface area contributed by atoms with Crippen LogP contribution in [0.3, 0.4) is 0 Å². The molecule has 0 N–H and O–H groups in total. The van der Waals surface area contributed by atoms with Crippen LogP contribution in [-0.4, -0.2) is 6.61 Å². The van der Waals surface area contributed by atoms with E-state index in [0.717, 1.165) is 18.6 Å². The highest BCUT2D eigenvalue weighted by Gasteiger charge is 1.95. The largest absolute Gasteiger partial charge is 0.499 e. The van der Waals surface area contributed by atoms with Gasteiger partial charge in [0.05, 0.1) is 12.4 Å². The van der Waals surface area contributed by atoms with Crippen molar-refractivity contribution in [3.05, 3.63) is 48.2 Å². The molecule has 1 heteroatoms. The Labute approximate surface area is 80.0 Å². The number of allylic oxidation sites excluding steroid dienone is 1. The van der Waals surface area contributed by atoms with Crippen molar-refractivity contribution in [1.82, 2.24) is 0 Å². The predicted octanol–water partition coefficient (Wildman–Crippen LogP) is 3.17. The van der Waals surface area contributed by atoms with Gasteiger partial charge >= 0.3 is 0 Å². The van der Waals surface area contributed by atoms with Crippen molar-refractivity contribution in [1.29, 1.82) is 0 Å². The molecule has 0 saturated heterocycles. The second-order valence-corrected chi connectivity index (χ2v) is 2.96. The van der Waals surface area contributed by atoms with Crippen molar-refractivity contribution in [2.45, 2.75) is 19.8 Å². The molecule has 0 spiro atoms. The summed E-state index contributed by atoms with van der Waals surface area (Å²) in [5.74, 6) is 0.881. The van der Waals surface area contributed by atoms with Crippen LogP contribution in [-0.2, 0) is 11.2 Å². The van der Waals surface area contributed by atoms with E-state index in [1.165, 1.54) is 5.56 Å². The minimum Gasteiger partial charge on any atom is -0.499 e. The quantitative estimate of drug-likeness (QED) is 0.626. The number of benzene rings is 1. The van der Waals surface area contributed by atoms with Crippen LogP contribution in [0.2, 0.25) is 0 Å². The monoisotopic (exact) mass is 176 g/mol. The Balaban J connectivity index is 2.31. The fraction of sp³-hybridized carbons (Fsp3) is 0.333. The predicted molar refractivity (Wildman–Crippen MR) is 55.5 cm³/mol. The zero-order valence-electron chi connectivity index (χ0n) is 8.12. The molecule has 1 aromatic rings. The molecule has 70 valence electrons. The highest BCUT2D eigenvalue weighted by atomic mass is 16.5. The highest BCUT2D eigenvalue weighted by Crippen LogP contribution is 2.08. The molecular weight excluding hydrogens is 160 g/mol. The van der Waals surface area contributed by atoms with Gasteiger partial charge in [-0.15, -0.1) is 0 Å². The molecule has 0 aliphatic rings. The summed E-state index contributed by atoms with van der Waals surface area (Å²) in [6.45, 7) is 6.53. The van der Waals surface area contributed by atoms with Crippen molar-refractivity contribution < 1.29 is 4.74 Å². The van der Waals surface area contributed by atoms with Gasteiger partial charge in [-0.25, -0.2) is 0 Å². The first kappa shape index (κ1) is 9.85. The van der Waals surface area contributed by atoms with Crippen LogP contribution in [0.4, 0.5) is 0 Å². The zero-order chi connectivity index (χ0) is 9.52. The van der Waals surface area contributed by atoms with Crippen LogP contribution in [0.15, 0.2) is 42.7 Å². The maximum Gasteiger partial charge on any atom is 0.0891 e. The summed E-state index contributed by atoms with van der Waals surface area (Å²) in [5, 5.41) is 0. The molecule has 0 heterocycles. The van der Waals surface area contributed by atoms with Gasteiger partial charge in [-0.05, 0) is 18.9 Å². The summed E-state index contributed by atoms with van der Waals surface area (Å²) < 4.78 is 5.27. The van der Waals surface area contributed by atoms with Gasteiger partial charge in [0.2, 0.25) is 0 Å². The molecular formula is C12H16O. The third-order valence-corrected chi connectivity index (χ3v) is 1.88. The first-order valence-electron chi connectivity index (χ1n) is 4.67. The van der Waals surface area contributed by atoms with E-state index in [0.29, 0.717) is 6.61 Å². The van der Waals surface area contributed by atoms with E-state index >= 15 is 0 Å². The molecule has 0 atom stereocenters. The summed E-state index contributed by atoms with van der Waals surface area (Å²) >= 11 is 0. The summed E-state index contributed by atoms with van der Waals surface area (Å²) in [7, 11) is 0. The Kier molecular flexibility index (Phi) is 4.10. The second kappa shape index (κ2) is 5.41. The van der Waals surface area contributed by atoms with E-state index < -0.39 is 0 Å². The Hall–Kier alpha value is -1.24. The second-order valence-electron chi connectivity index (χ2n) is 2.96. The molecule has 0 aliphatic carbocycles. The fourth-order valence-electron chi connectivity index (χ4n) is 1.20. The lowest BCUT2D eigenvalue weighted by Gasteiger charge is -2.06. The molecule has 1 rings (SSSR count). The molecule has 1 aromatic carbocycles. The topological polar surface area (TPSA) is 9.23 Å². The van der Waals surface area contributed by atoms with Crippen molar-refractivity contribution >= 4 is 0 Å². The molecule has 0 fully saturated rings. The van der Waals surface area contributed by atoms with Gasteiger partial charge in [-0.1, -0.05) is 36.9 Å². The standard InChI is InChI=1S/C12H16O/c1-3-13-11(2)9-10-12-7-5-4-6-8-12/h4-8H,2-3,9-10H2,1H3. The smallest absolute Gasteiger partial charge is 0.0891 e. The minimum atomic E-state index is 0.716. The van der Waals surface area contributed by atoms with Crippen LogP contribution < -0.4 is 0 Å². The van der Waals surface area contributed by atoms with E-state index in [9.17, 15) is 0 Å². The number of hydrogen-bond donors (Lipinski definition) is 0. The van der Waals surface area contributed by atoms with Crippen molar-refractivity contribution in [2.75, 3.05) is 6.61 Å². The Bertz CT molecular complexity index is 251. The summed E-state index contributed by atoms with van der Waals surface area (Å²) in [4.78, 5) is 0. The van der Waals surface area contributed by atoms with E-state index in [2.05, 4.69) is 30.8 Å². The highest BCUT2D eigenvalue weighted by molar-refractivity contribution is 5.15. The van der Waals surface area contributed by atoms with Crippen molar-refractivity contribution in [3.8, 4) is 0 Å². The third-order valence-electron chi connectivity index (χ3n) is 1.88. The first-order chi connectivity index (χ1) is 6.33. The Morgan fingerprint density at radius 3 is 2.62 bits per heavy atom. The van der Waals surface area contributed by atoms with E-state index in [-0.39, 0.29) is 0 Å². The number of ether oxygens (including phenoxy) is 1. The number of hydrogen-bond acceptors (Lipinski definition) is 1. The maximum absolute atomic E-state index is 5.27. The average molecular weight is 176 g/mol. The van der Waals surface area contributed by atoms with Crippen LogP contribution in [0, 0.1) is 0 Å². The summed E-state index contributed by atoms with van der Waals surface area (Å²) in [6.07, 6.45) is 1.93. The van der Waals surface area contributed by atoms with Gasteiger partial charge in [0.1, 0.15) is 0 Å². The lowest BCUT2D eigenvalue weighted by molar-refractivity contribution is 0.220. The lowest BCUT2D eigenvalue weighted by Crippen LogP contribution is -1.92. The van der Waals surface area contributed by atoms with Gasteiger partial charge in [-0.3, -0.25) is 0 Å². The van der Waals surface area contributed by atoms with E-state index in [1.807, 2.05) is 13.0 Å². The molecule has 1 nitrogen and oxygen atoms in total. The minimum absolute atomic E-state index is 0.716. The Morgan fingerprint density at radius 1 is 1.31 bits per heavy atom. The summed E-state index contributed by atoms with van der Waals surface area (Å²) in [5.41, 5.74) is 1.34. The van der Waals surface area contributed by atoms with Gasteiger partial charge in [0, 0.05) is 6.42 Å². The maximum atomic E-state index is 5.27. The lowest BCUT2D eigenvalue weighted by atomic mass is 10.1. The molecule has 13 heavy (non-hydrogen) atoms. The molecule has 0 amide bonds. The zero-order valence-corrected chi connectivity index (χ0v) is 8.12. The molecule has 0 radical (unpaired) electrons. The van der Waals surface area contributed by atoms with Crippen LogP contribution >= 0.6 is 0 Å². The average Bonchev–Trinajstić information content (AvgIpc) is 2.17. The van der Waals surface area contributed by atoms with Crippen molar-refractivity contribution in [3.63, 3.8) is 0 Å². The molecule has 0 saturated carbocycles. The normalized spacial score (nSPS) is 9.62. The fourth-order valence-corrected chi connectivity index (χ4v) is 1.20. The van der Waals surface area contributed by atoms with Gasteiger partial charge in [0.15, 0.2) is 0 Å². The van der Waals surface area contributed by atoms with Crippen LogP contribution in [0.5, 0.6) is 0 Å².